The van der Waals surface area contributed by atoms with E-state index in [-0.39, 0.29) is 0 Å². The summed E-state index contributed by atoms with van der Waals surface area (Å²) in [6, 6.07) is 6.09. The van der Waals surface area contributed by atoms with Crippen LogP contribution < -0.4 is 10.1 Å². The average Bonchev–Trinajstić information content (AvgIpc) is 2.85. The number of methoxy groups -OCH3 is 1. The quantitative estimate of drug-likeness (QED) is 0.851. The summed E-state index contributed by atoms with van der Waals surface area (Å²) in [6.45, 7) is 9.15. The minimum Gasteiger partial charge on any atom is -0.497 e. The fraction of sp³-hybridized carbons (Fsp3) is 0.471. The van der Waals surface area contributed by atoms with Crippen molar-refractivity contribution in [1.82, 2.24) is 14.9 Å². The molecule has 0 saturated carbocycles. The second kappa shape index (κ2) is 7.27. The molecular weight excluding hydrogens is 262 g/mol. The van der Waals surface area contributed by atoms with Gasteiger partial charge in [-0.3, -0.25) is 4.98 Å². The highest BCUT2D eigenvalue weighted by molar-refractivity contribution is 5.27. The fourth-order valence-corrected chi connectivity index (χ4v) is 2.29. The lowest BCUT2D eigenvalue weighted by atomic mass is 10.2. The van der Waals surface area contributed by atoms with Gasteiger partial charge >= 0.3 is 0 Å². The van der Waals surface area contributed by atoms with Crippen molar-refractivity contribution in [2.75, 3.05) is 13.7 Å². The number of pyridine rings is 1. The Morgan fingerprint density at radius 3 is 2.86 bits per heavy atom. The van der Waals surface area contributed by atoms with Crippen LogP contribution in [-0.2, 0) is 13.1 Å². The molecule has 0 fully saturated rings. The van der Waals surface area contributed by atoms with Gasteiger partial charge in [0, 0.05) is 36.8 Å². The number of nitrogens with one attached hydrogen (secondary N) is 1. The Morgan fingerprint density at radius 2 is 2.14 bits per heavy atom. The van der Waals surface area contributed by atoms with Crippen molar-refractivity contribution < 1.29 is 4.74 Å². The van der Waals surface area contributed by atoms with Crippen LogP contribution in [0.2, 0.25) is 0 Å². The van der Waals surface area contributed by atoms with Crippen molar-refractivity contribution in [3.8, 4) is 5.75 Å². The summed E-state index contributed by atoms with van der Waals surface area (Å²) in [7, 11) is 1.69. The third-order valence-electron chi connectivity index (χ3n) is 3.25. The van der Waals surface area contributed by atoms with E-state index in [0.717, 1.165) is 36.8 Å². The molecule has 2 rings (SSSR count). The van der Waals surface area contributed by atoms with Gasteiger partial charge in [0.1, 0.15) is 5.75 Å². The molecule has 0 atom stereocenters. The monoisotopic (exact) mass is 287 g/mol. The molecule has 2 aromatic rings. The lowest BCUT2D eigenvalue weighted by Gasteiger charge is -2.07. The molecule has 0 saturated heterocycles. The maximum absolute atomic E-state index is 5.29. The van der Waals surface area contributed by atoms with Crippen LogP contribution in [0.3, 0.4) is 0 Å². The minimum absolute atomic E-state index is 0.677. The molecule has 114 valence electrons. The molecule has 4 heteroatoms. The van der Waals surface area contributed by atoms with Gasteiger partial charge in [0.25, 0.3) is 0 Å². The second-order valence-corrected chi connectivity index (χ2v) is 5.86. The van der Waals surface area contributed by atoms with E-state index in [1.54, 1.807) is 7.11 Å². The van der Waals surface area contributed by atoms with Crippen LogP contribution in [0.25, 0.3) is 0 Å². The Kier molecular flexibility index (Phi) is 5.39. The molecule has 0 bridgehead atoms. The van der Waals surface area contributed by atoms with Gasteiger partial charge in [-0.05, 0) is 31.0 Å². The summed E-state index contributed by atoms with van der Waals surface area (Å²) in [6.07, 6.45) is 4.27. The third kappa shape index (κ3) is 4.90. The van der Waals surface area contributed by atoms with Crippen LogP contribution >= 0.6 is 0 Å². The standard InChI is InChI=1S/C17H25N3O/c1-13(2)9-18-10-15-5-6-20(11-15)12-16-8-17(21-4)7-14(3)19-16/h5-8,11,13,18H,9-10,12H2,1-4H3. The van der Waals surface area contributed by atoms with E-state index in [1.165, 1.54) is 5.56 Å². The molecule has 2 heterocycles. The van der Waals surface area contributed by atoms with Gasteiger partial charge in [0.15, 0.2) is 0 Å². The van der Waals surface area contributed by atoms with E-state index in [1.807, 2.05) is 19.1 Å². The lowest BCUT2D eigenvalue weighted by molar-refractivity contribution is 0.413. The highest BCUT2D eigenvalue weighted by atomic mass is 16.5. The molecule has 0 unspecified atom stereocenters. The Bertz CT molecular complexity index is 575. The van der Waals surface area contributed by atoms with Crippen molar-refractivity contribution in [3.05, 3.63) is 47.5 Å². The van der Waals surface area contributed by atoms with Gasteiger partial charge in [-0.25, -0.2) is 0 Å². The first-order chi connectivity index (χ1) is 10.1. The topological polar surface area (TPSA) is 39.1 Å². The smallest absolute Gasteiger partial charge is 0.122 e. The number of aryl methyl sites for hydroxylation is 1. The van der Waals surface area contributed by atoms with Crippen molar-refractivity contribution in [2.24, 2.45) is 5.92 Å². The van der Waals surface area contributed by atoms with Crippen LogP contribution in [-0.4, -0.2) is 23.2 Å². The van der Waals surface area contributed by atoms with Gasteiger partial charge in [-0.1, -0.05) is 13.8 Å². The van der Waals surface area contributed by atoms with Crippen LogP contribution in [0.15, 0.2) is 30.6 Å². The summed E-state index contributed by atoms with van der Waals surface area (Å²) in [5.41, 5.74) is 3.30. The van der Waals surface area contributed by atoms with Gasteiger partial charge < -0.3 is 14.6 Å². The highest BCUT2D eigenvalue weighted by Gasteiger charge is 2.03. The SMILES string of the molecule is COc1cc(C)nc(Cn2ccc(CNCC(C)C)c2)c1. The number of rotatable bonds is 7. The molecule has 0 aliphatic heterocycles. The molecule has 21 heavy (non-hydrogen) atoms. The number of ether oxygens (including phenoxy) is 1. The molecule has 0 amide bonds. The third-order valence-corrected chi connectivity index (χ3v) is 3.25. The minimum atomic E-state index is 0.677. The zero-order valence-electron chi connectivity index (χ0n) is 13.4. The van der Waals surface area contributed by atoms with Crippen LogP contribution in [0.1, 0.15) is 30.8 Å². The molecule has 0 aliphatic carbocycles. The summed E-state index contributed by atoms with van der Waals surface area (Å²) in [5.74, 6) is 1.54. The summed E-state index contributed by atoms with van der Waals surface area (Å²) in [4.78, 5) is 4.56. The highest BCUT2D eigenvalue weighted by Crippen LogP contribution is 2.14. The number of hydrogen-bond acceptors (Lipinski definition) is 3. The predicted octanol–water partition coefficient (Wildman–Crippen LogP) is 2.99. The van der Waals surface area contributed by atoms with Crippen molar-refractivity contribution >= 4 is 0 Å². The number of aromatic nitrogens is 2. The normalized spacial score (nSPS) is 11.1. The summed E-state index contributed by atoms with van der Waals surface area (Å²) < 4.78 is 7.46. The average molecular weight is 287 g/mol. The van der Waals surface area contributed by atoms with Crippen molar-refractivity contribution in [2.45, 2.75) is 33.9 Å². The van der Waals surface area contributed by atoms with Crippen molar-refractivity contribution in [3.63, 3.8) is 0 Å². The second-order valence-electron chi connectivity index (χ2n) is 5.86. The zero-order chi connectivity index (χ0) is 15.2. The Labute approximate surface area is 127 Å². The molecule has 0 radical (unpaired) electrons. The maximum Gasteiger partial charge on any atom is 0.122 e. The van der Waals surface area contributed by atoms with Gasteiger partial charge in [-0.2, -0.15) is 0 Å². The zero-order valence-corrected chi connectivity index (χ0v) is 13.4. The molecule has 2 aromatic heterocycles. The molecule has 1 N–H and O–H groups in total. The summed E-state index contributed by atoms with van der Waals surface area (Å²) in [5, 5.41) is 3.46. The Balaban J connectivity index is 1.97. The fourth-order valence-electron chi connectivity index (χ4n) is 2.29. The van der Waals surface area contributed by atoms with Crippen molar-refractivity contribution in [1.29, 1.82) is 0 Å². The first-order valence-electron chi connectivity index (χ1n) is 7.43. The molecule has 0 spiro atoms. The Hall–Kier alpha value is -1.81. The molecule has 0 aromatic carbocycles. The maximum atomic E-state index is 5.29. The van der Waals surface area contributed by atoms with E-state index < -0.39 is 0 Å². The predicted molar refractivity (Wildman–Crippen MR) is 85.6 cm³/mol. The van der Waals surface area contributed by atoms with Crippen LogP contribution in [0.4, 0.5) is 0 Å². The molecular formula is C17H25N3O. The summed E-state index contributed by atoms with van der Waals surface area (Å²) >= 11 is 0. The first-order valence-corrected chi connectivity index (χ1v) is 7.43. The van der Waals surface area contributed by atoms with Gasteiger partial charge in [0.2, 0.25) is 0 Å². The number of hydrogen-bond donors (Lipinski definition) is 1. The van der Waals surface area contributed by atoms with E-state index in [0.29, 0.717) is 5.92 Å². The largest absolute Gasteiger partial charge is 0.497 e. The van der Waals surface area contributed by atoms with Gasteiger partial charge in [-0.15, -0.1) is 0 Å². The first kappa shape index (κ1) is 15.6. The van der Waals surface area contributed by atoms with E-state index in [9.17, 15) is 0 Å². The van der Waals surface area contributed by atoms with E-state index in [2.05, 4.69) is 47.2 Å². The Morgan fingerprint density at radius 1 is 1.33 bits per heavy atom. The molecule has 0 aliphatic rings. The molecule has 4 nitrogen and oxygen atoms in total. The van der Waals surface area contributed by atoms with E-state index >= 15 is 0 Å². The number of nitrogens with zero attached hydrogens (tertiary/aromatic N) is 2. The van der Waals surface area contributed by atoms with E-state index in [4.69, 9.17) is 4.74 Å². The lowest BCUT2D eigenvalue weighted by Crippen LogP contribution is -2.18. The van der Waals surface area contributed by atoms with Crippen LogP contribution in [0, 0.1) is 12.8 Å². The van der Waals surface area contributed by atoms with Gasteiger partial charge in [0.05, 0.1) is 19.3 Å². The van der Waals surface area contributed by atoms with Crippen LogP contribution in [0.5, 0.6) is 5.75 Å².